The molecule has 16 heavy (non-hydrogen) atoms. The summed E-state index contributed by atoms with van der Waals surface area (Å²) in [5.41, 5.74) is 5.19. The Kier molecular flexibility index (Phi) is 2.19. The molecule has 2 nitrogen and oxygen atoms in total. The van der Waals surface area contributed by atoms with Crippen LogP contribution >= 0.6 is 0 Å². The van der Waals surface area contributed by atoms with Crippen LogP contribution in [0.15, 0.2) is 42.5 Å². The highest BCUT2D eigenvalue weighted by atomic mass is 16.5. The van der Waals surface area contributed by atoms with E-state index >= 15 is 0 Å². The van der Waals surface area contributed by atoms with Crippen LogP contribution in [0.5, 0.6) is 5.75 Å². The molecule has 0 amide bonds. The molecule has 0 atom stereocenters. The summed E-state index contributed by atoms with van der Waals surface area (Å²) in [4.78, 5) is 0. The van der Waals surface area contributed by atoms with E-state index in [4.69, 9.17) is 9.68 Å². The van der Waals surface area contributed by atoms with E-state index in [0.29, 0.717) is 0 Å². The molecule has 1 aliphatic rings. The Balaban J connectivity index is 2.11. The second kappa shape index (κ2) is 3.69. The zero-order valence-electron chi connectivity index (χ0n) is 8.81. The van der Waals surface area contributed by atoms with Gasteiger partial charge in [-0.25, -0.2) is 0 Å². The SMILES string of the molecule is OBOc1ccc2c(c1)-c1ccccc1C2. The third kappa shape index (κ3) is 1.41. The second-order valence-electron chi connectivity index (χ2n) is 3.93. The monoisotopic (exact) mass is 210 g/mol. The van der Waals surface area contributed by atoms with E-state index in [1.54, 1.807) is 0 Å². The zero-order chi connectivity index (χ0) is 11.0. The summed E-state index contributed by atoms with van der Waals surface area (Å²) in [6.07, 6.45) is 0.991. The lowest BCUT2D eigenvalue weighted by Crippen LogP contribution is -1.99. The van der Waals surface area contributed by atoms with Crippen molar-refractivity contribution in [3.63, 3.8) is 0 Å². The van der Waals surface area contributed by atoms with Gasteiger partial charge in [-0.3, -0.25) is 0 Å². The molecule has 3 heteroatoms. The van der Waals surface area contributed by atoms with Gasteiger partial charge in [-0.1, -0.05) is 30.3 Å². The van der Waals surface area contributed by atoms with Crippen LogP contribution in [0.2, 0.25) is 0 Å². The summed E-state index contributed by atoms with van der Waals surface area (Å²) >= 11 is 0. The highest BCUT2D eigenvalue weighted by molar-refractivity contribution is 6.17. The van der Waals surface area contributed by atoms with Gasteiger partial charge in [-0.05, 0) is 40.8 Å². The van der Waals surface area contributed by atoms with Crippen molar-refractivity contribution in [3.05, 3.63) is 53.6 Å². The van der Waals surface area contributed by atoms with Crippen LogP contribution in [0.4, 0.5) is 0 Å². The first-order valence-electron chi connectivity index (χ1n) is 5.33. The summed E-state index contributed by atoms with van der Waals surface area (Å²) in [6.45, 7) is 0. The van der Waals surface area contributed by atoms with Crippen molar-refractivity contribution in [1.82, 2.24) is 0 Å². The molecule has 0 bridgehead atoms. The largest absolute Gasteiger partial charge is 0.539 e. The topological polar surface area (TPSA) is 29.5 Å². The van der Waals surface area contributed by atoms with E-state index in [0.717, 1.165) is 12.2 Å². The minimum Gasteiger partial charge on any atom is -0.539 e. The Morgan fingerprint density at radius 1 is 1.00 bits per heavy atom. The molecule has 2 aromatic carbocycles. The van der Waals surface area contributed by atoms with Gasteiger partial charge in [0.05, 0.1) is 0 Å². The quantitative estimate of drug-likeness (QED) is 0.654. The van der Waals surface area contributed by atoms with E-state index in [-0.39, 0.29) is 7.69 Å². The molecular weight excluding hydrogens is 199 g/mol. The van der Waals surface area contributed by atoms with Crippen LogP contribution in [0.3, 0.4) is 0 Å². The number of hydrogen-bond donors (Lipinski definition) is 1. The van der Waals surface area contributed by atoms with Gasteiger partial charge >= 0.3 is 7.69 Å². The highest BCUT2D eigenvalue weighted by Gasteiger charge is 2.17. The maximum Gasteiger partial charge on any atom is 0.504 e. The van der Waals surface area contributed by atoms with E-state index < -0.39 is 0 Å². The van der Waals surface area contributed by atoms with Crippen molar-refractivity contribution in [1.29, 1.82) is 0 Å². The number of hydrogen-bond acceptors (Lipinski definition) is 2. The van der Waals surface area contributed by atoms with Crippen LogP contribution in [0.1, 0.15) is 11.1 Å². The molecular formula is C13H11BO2. The fourth-order valence-corrected chi connectivity index (χ4v) is 2.27. The fourth-order valence-electron chi connectivity index (χ4n) is 2.27. The molecule has 0 spiro atoms. The van der Waals surface area contributed by atoms with Gasteiger partial charge in [0.15, 0.2) is 0 Å². The minimum absolute atomic E-state index is 0.277. The number of rotatable bonds is 2. The highest BCUT2D eigenvalue weighted by Crippen LogP contribution is 2.38. The maximum absolute atomic E-state index is 8.74. The van der Waals surface area contributed by atoms with Crippen LogP contribution in [-0.2, 0) is 6.42 Å². The Labute approximate surface area is 94.8 Å². The maximum atomic E-state index is 8.74. The summed E-state index contributed by atoms with van der Waals surface area (Å²) < 4.78 is 5.10. The van der Waals surface area contributed by atoms with Gasteiger partial charge in [-0.2, -0.15) is 0 Å². The Morgan fingerprint density at radius 3 is 2.69 bits per heavy atom. The van der Waals surface area contributed by atoms with Crippen molar-refractivity contribution < 1.29 is 9.68 Å². The first-order chi connectivity index (χ1) is 7.88. The number of benzene rings is 2. The molecule has 0 aromatic heterocycles. The van der Waals surface area contributed by atoms with E-state index in [1.165, 1.54) is 22.3 Å². The molecule has 0 fully saturated rings. The molecule has 0 heterocycles. The molecule has 0 saturated heterocycles. The molecule has 0 aliphatic heterocycles. The van der Waals surface area contributed by atoms with Gasteiger partial charge < -0.3 is 9.68 Å². The van der Waals surface area contributed by atoms with Crippen LogP contribution in [0.25, 0.3) is 11.1 Å². The number of fused-ring (bicyclic) bond motifs is 3. The lowest BCUT2D eigenvalue weighted by atomic mass is 10.1. The third-order valence-electron chi connectivity index (χ3n) is 3.00. The van der Waals surface area contributed by atoms with Crippen LogP contribution in [-0.4, -0.2) is 12.7 Å². The minimum atomic E-state index is -0.277. The molecule has 3 rings (SSSR count). The lowest BCUT2D eigenvalue weighted by molar-refractivity contribution is 0.454. The van der Waals surface area contributed by atoms with E-state index in [2.05, 4.69) is 24.3 Å². The van der Waals surface area contributed by atoms with Crippen LogP contribution < -0.4 is 4.65 Å². The standard InChI is InChI=1S/C13H11BO2/c15-14-16-11-6-5-10-7-9-3-1-2-4-12(9)13(10)8-11/h1-6,8,14-15H,7H2. The summed E-state index contributed by atoms with van der Waals surface area (Å²) in [6, 6.07) is 14.4. The van der Waals surface area contributed by atoms with Gasteiger partial charge in [0.25, 0.3) is 0 Å². The summed E-state index contributed by atoms with van der Waals surface area (Å²) in [5, 5.41) is 8.74. The zero-order valence-corrected chi connectivity index (χ0v) is 8.81. The molecule has 1 N–H and O–H groups in total. The van der Waals surface area contributed by atoms with E-state index in [1.807, 2.05) is 18.2 Å². The Morgan fingerprint density at radius 2 is 1.81 bits per heavy atom. The van der Waals surface area contributed by atoms with Gasteiger partial charge in [0.1, 0.15) is 5.75 Å². The first kappa shape index (κ1) is 9.49. The molecule has 0 saturated carbocycles. The van der Waals surface area contributed by atoms with Crippen LogP contribution in [0, 0.1) is 0 Å². The van der Waals surface area contributed by atoms with Gasteiger partial charge in [0.2, 0.25) is 0 Å². The lowest BCUT2D eigenvalue weighted by Gasteiger charge is -2.05. The fraction of sp³-hybridized carbons (Fsp3) is 0.0769. The predicted octanol–water partition coefficient (Wildman–Crippen LogP) is 1.90. The molecule has 0 radical (unpaired) electrons. The average Bonchev–Trinajstić information content (AvgIpc) is 2.68. The molecule has 2 aromatic rings. The summed E-state index contributed by atoms with van der Waals surface area (Å²) in [5.74, 6) is 0.720. The first-order valence-corrected chi connectivity index (χ1v) is 5.33. The van der Waals surface area contributed by atoms with Crippen molar-refractivity contribution in [3.8, 4) is 16.9 Å². The van der Waals surface area contributed by atoms with Gasteiger partial charge in [0, 0.05) is 0 Å². The van der Waals surface area contributed by atoms with Crippen molar-refractivity contribution in [2.45, 2.75) is 6.42 Å². The van der Waals surface area contributed by atoms with Gasteiger partial charge in [-0.15, -0.1) is 0 Å². The Bertz CT molecular complexity index is 537. The smallest absolute Gasteiger partial charge is 0.504 e. The van der Waals surface area contributed by atoms with E-state index in [9.17, 15) is 0 Å². The van der Waals surface area contributed by atoms with Crippen molar-refractivity contribution in [2.75, 3.05) is 0 Å². The molecule has 1 aliphatic carbocycles. The predicted molar refractivity (Wildman–Crippen MR) is 64.7 cm³/mol. The normalized spacial score (nSPS) is 11.8. The third-order valence-corrected chi connectivity index (χ3v) is 3.00. The second-order valence-corrected chi connectivity index (χ2v) is 3.93. The van der Waals surface area contributed by atoms with Crippen molar-refractivity contribution >= 4 is 7.69 Å². The van der Waals surface area contributed by atoms with Crippen molar-refractivity contribution in [2.24, 2.45) is 0 Å². The molecule has 0 unspecified atom stereocenters. The Hall–Kier alpha value is -1.74. The average molecular weight is 210 g/mol. The summed E-state index contributed by atoms with van der Waals surface area (Å²) in [7, 11) is -0.277. The molecule has 78 valence electrons.